The maximum atomic E-state index is 13.6. The molecule has 0 fully saturated rings. The molecule has 0 bridgehead atoms. The lowest BCUT2D eigenvalue weighted by Gasteiger charge is -2.13. The molecule has 0 aliphatic heterocycles. The van der Waals surface area contributed by atoms with Gasteiger partial charge in [0.1, 0.15) is 17.8 Å². The Morgan fingerprint density at radius 2 is 1.95 bits per heavy atom. The monoisotopic (exact) mass is 302 g/mol. The van der Waals surface area contributed by atoms with Crippen LogP contribution < -0.4 is 15.8 Å². The summed E-state index contributed by atoms with van der Waals surface area (Å²) in [6.07, 6.45) is -3.50. The summed E-state index contributed by atoms with van der Waals surface area (Å²) in [5.41, 5.74) is 4.21. The van der Waals surface area contributed by atoms with E-state index in [2.05, 4.69) is 15.3 Å². The molecule has 0 spiro atoms. The molecule has 0 amide bonds. The molecule has 3 N–H and O–H groups in total. The minimum atomic E-state index is -4.58. The first-order valence-electron chi connectivity index (χ1n) is 5.61. The zero-order valence-corrected chi connectivity index (χ0v) is 10.7. The molecule has 0 saturated carbocycles. The number of rotatable bonds is 3. The predicted molar refractivity (Wildman–Crippen MR) is 67.7 cm³/mol. The molecule has 1 aromatic heterocycles. The van der Waals surface area contributed by atoms with E-state index in [1.807, 2.05) is 0 Å². The number of alkyl halides is 3. The van der Waals surface area contributed by atoms with Gasteiger partial charge in [-0.25, -0.2) is 9.37 Å². The van der Waals surface area contributed by atoms with Crippen molar-refractivity contribution in [2.24, 2.45) is 0 Å². The molecule has 9 heteroatoms. The van der Waals surface area contributed by atoms with Crippen LogP contribution >= 0.6 is 0 Å². The van der Waals surface area contributed by atoms with Crippen molar-refractivity contribution in [3.05, 3.63) is 35.9 Å². The highest BCUT2D eigenvalue weighted by Gasteiger charge is 2.31. The van der Waals surface area contributed by atoms with Crippen LogP contribution in [0.5, 0.6) is 5.88 Å². The summed E-state index contributed by atoms with van der Waals surface area (Å²) in [7, 11) is 1.31. The van der Waals surface area contributed by atoms with Gasteiger partial charge in [0.2, 0.25) is 5.88 Å². The Balaban J connectivity index is 2.40. The summed E-state index contributed by atoms with van der Waals surface area (Å²) in [6, 6.07) is 1.98. The fraction of sp³-hybridized carbons (Fsp3) is 0.167. The molecule has 0 aliphatic carbocycles. The molecule has 1 aromatic carbocycles. The minimum absolute atomic E-state index is 0.0277. The van der Waals surface area contributed by atoms with Gasteiger partial charge < -0.3 is 15.8 Å². The minimum Gasteiger partial charge on any atom is -0.479 e. The summed E-state index contributed by atoms with van der Waals surface area (Å²) in [5.74, 6) is -0.903. The van der Waals surface area contributed by atoms with Crippen LogP contribution in [0.3, 0.4) is 0 Å². The molecular formula is C12H10F4N4O. The van der Waals surface area contributed by atoms with Crippen molar-refractivity contribution in [1.82, 2.24) is 9.97 Å². The van der Waals surface area contributed by atoms with E-state index in [1.165, 1.54) is 7.11 Å². The Hall–Kier alpha value is -2.58. The smallest absolute Gasteiger partial charge is 0.416 e. The third-order valence-electron chi connectivity index (χ3n) is 2.59. The van der Waals surface area contributed by atoms with Crippen molar-refractivity contribution in [1.29, 1.82) is 0 Å². The van der Waals surface area contributed by atoms with Crippen LogP contribution in [-0.2, 0) is 6.18 Å². The van der Waals surface area contributed by atoms with Gasteiger partial charge in [-0.2, -0.15) is 18.2 Å². The van der Waals surface area contributed by atoms with Gasteiger partial charge in [0, 0.05) is 0 Å². The maximum Gasteiger partial charge on any atom is 0.416 e. The lowest BCUT2D eigenvalue weighted by molar-refractivity contribution is -0.137. The van der Waals surface area contributed by atoms with Crippen LogP contribution in [0.2, 0.25) is 0 Å². The van der Waals surface area contributed by atoms with Crippen molar-refractivity contribution in [3.63, 3.8) is 0 Å². The highest BCUT2D eigenvalue weighted by atomic mass is 19.4. The number of anilines is 3. The van der Waals surface area contributed by atoms with E-state index in [1.54, 1.807) is 0 Å². The third-order valence-corrected chi connectivity index (χ3v) is 2.59. The molecule has 2 rings (SSSR count). The number of hydrogen-bond donors (Lipinski definition) is 2. The Morgan fingerprint density at radius 3 is 2.57 bits per heavy atom. The number of methoxy groups -OCH3 is 1. The second-order valence-corrected chi connectivity index (χ2v) is 3.96. The topological polar surface area (TPSA) is 73.1 Å². The Kier molecular flexibility index (Phi) is 3.83. The number of nitrogen functional groups attached to an aromatic ring is 1. The number of benzene rings is 1. The van der Waals surface area contributed by atoms with Crippen molar-refractivity contribution in [2.45, 2.75) is 6.18 Å². The van der Waals surface area contributed by atoms with E-state index < -0.39 is 23.2 Å². The first-order valence-corrected chi connectivity index (χ1v) is 5.61. The molecule has 21 heavy (non-hydrogen) atoms. The SMILES string of the molecule is COc1ncnc(Nc2cc(C(F)(F)F)ccc2F)c1N. The van der Waals surface area contributed by atoms with E-state index in [0.717, 1.165) is 6.33 Å². The molecule has 5 nitrogen and oxygen atoms in total. The Bertz CT molecular complexity index is 660. The zero-order chi connectivity index (χ0) is 15.6. The van der Waals surface area contributed by atoms with Gasteiger partial charge in [-0.05, 0) is 18.2 Å². The fourth-order valence-electron chi connectivity index (χ4n) is 1.57. The number of ether oxygens (including phenoxy) is 1. The normalized spacial score (nSPS) is 11.3. The molecule has 0 atom stereocenters. The first-order chi connectivity index (χ1) is 9.82. The number of nitrogens with two attached hydrogens (primary N) is 1. The van der Waals surface area contributed by atoms with Crippen molar-refractivity contribution >= 4 is 17.2 Å². The van der Waals surface area contributed by atoms with Crippen LogP contribution in [0.1, 0.15) is 5.56 Å². The quantitative estimate of drug-likeness (QED) is 0.853. The predicted octanol–water partition coefficient (Wildman–Crippen LogP) is 2.97. The number of halogens is 4. The van der Waals surface area contributed by atoms with Crippen LogP contribution in [0, 0.1) is 5.82 Å². The summed E-state index contributed by atoms with van der Waals surface area (Å²) in [4.78, 5) is 7.45. The molecule has 0 saturated heterocycles. The van der Waals surface area contributed by atoms with Gasteiger partial charge >= 0.3 is 6.18 Å². The second-order valence-electron chi connectivity index (χ2n) is 3.96. The molecule has 1 heterocycles. The average Bonchev–Trinajstić information content (AvgIpc) is 2.42. The van der Waals surface area contributed by atoms with Gasteiger partial charge in [-0.1, -0.05) is 0 Å². The maximum absolute atomic E-state index is 13.6. The van der Waals surface area contributed by atoms with Crippen LogP contribution in [0.25, 0.3) is 0 Å². The van der Waals surface area contributed by atoms with Crippen LogP contribution in [-0.4, -0.2) is 17.1 Å². The molecular weight excluding hydrogens is 292 g/mol. The summed E-state index contributed by atoms with van der Waals surface area (Å²) < 4.78 is 56.3. The number of nitrogens with one attached hydrogen (secondary N) is 1. The van der Waals surface area contributed by atoms with Crippen LogP contribution in [0.4, 0.5) is 34.8 Å². The van der Waals surface area contributed by atoms with E-state index in [9.17, 15) is 17.6 Å². The highest BCUT2D eigenvalue weighted by Crippen LogP contribution is 2.34. The molecule has 2 aromatic rings. The highest BCUT2D eigenvalue weighted by molar-refractivity contribution is 5.72. The molecule has 0 radical (unpaired) electrons. The van der Waals surface area contributed by atoms with Crippen LogP contribution in [0.15, 0.2) is 24.5 Å². The number of aromatic nitrogens is 2. The molecule has 0 unspecified atom stereocenters. The fourth-order valence-corrected chi connectivity index (χ4v) is 1.57. The van der Waals surface area contributed by atoms with Gasteiger partial charge in [-0.3, -0.25) is 0 Å². The van der Waals surface area contributed by atoms with E-state index >= 15 is 0 Å². The third kappa shape index (κ3) is 3.12. The van der Waals surface area contributed by atoms with Crippen molar-refractivity contribution in [3.8, 4) is 5.88 Å². The van der Waals surface area contributed by atoms with E-state index in [4.69, 9.17) is 10.5 Å². The molecule has 0 aliphatic rings. The Labute approximate surface area is 116 Å². The van der Waals surface area contributed by atoms with E-state index in [0.29, 0.717) is 18.2 Å². The van der Waals surface area contributed by atoms with Gasteiger partial charge in [0.05, 0.1) is 18.4 Å². The number of hydrogen-bond acceptors (Lipinski definition) is 5. The lowest BCUT2D eigenvalue weighted by Crippen LogP contribution is -2.08. The average molecular weight is 302 g/mol. The summed E-state index contributed by atoms with van der Waals surface area (Å²) >= 11 is 0. The second kappa shape index (κ2) is 5.43. The standard InChI is InChI=1S/C12H10F4N4O/c1-21-11-9(17)10(18-5-19-11)20-8-4-6(12(14,15)16)2-3-7(8)13/h2-5H,17H2,1H3,(H,18,19,20). The van der Waals surface area contributed by atoms with Crippen molar-refractivity contribution in [2.75, 3.05) is 18.2 Å². The van der Waals surface area contributed by atoms with Gasteiger partial charge in [0.25, 0.3) is 0 Å². The zero-order valence-electron chi connectivity index (χ0n) is 10.7. The summed E-state index contributed by atoms with van der Waals surface area (Å²) in [6.45, 7) is 0. The van der Waals surface area contributed by atoms with E-state index in [-0.39, 0.29) is 17.4 Å². The van der Waals surface area contributed by atoms with Gasteiger partial charge in [0.15, 0.2) is 5.82 Å². The largest absolute Gasteiger partial charge is 0.479 e. The summed E-state index contributed by atoms with van der Waals surface area (Å²) in [5, 5.41) is 2.40. The molecule has 112 valence electrons. The Morgan fingerprint density at radius 1 is 1.24 bits per heavy atom. The first kappa shape index (κ1) is 14.8. The lowest BCUT2D eigenvalue weighted by atomic mass is 10.2. The van der Waals surface area contributed by atoms with Gasteiger partial charge in [-0.15, -0.1) is 0 Å². The van der Waals surface area contributed by atoms with Crippen molar-refractivity contribution < 1.29 is 22.3 Å². The number of nitrogens with zero attached hydrogens (tertiary/aromatic N) is 2.